The normalized spacial score (nSPS) is 27.0. The van der Waals surface area contributed by atoms with Crippen LogP contribution in [0.5, 0.6) is 0 Å². The van der Waals surface area contributed by atoms with Gasteiger partial charge in [-0.25, -0.2) is 9.97 Å². The minimum atomic E-state index is -0.962. The van der Waals surface area contributed by atoms with E-state index in [9.17, 15) is 9.90 Å². The second-order valence-corrected chi connectivity index (χ2v) is 8.63. The Balaban J connectivity index is 1.39. The number of nitrogens with one attached hydrogen (secondary N) is 1. The molecule has 0 radical (unpaired) electrons. The Morgan fingerprint density at radius 1 is 1.29 bits per heavy atom. The molecule has 2 fully saturated rings. The van der Waals surface area contributed by atoms with Gasteiger partial charge in [-0.15, -0.1) is 11.3 Å². The zero-order valence-corrected chi connectivity index (χ0v) is 16.1. The van der Waals surface area contributed by atoms with Crippen LogP contribution in [0.1, 0.15) is 41.6 Å². The van der Waals surface area contributed by atoms with Gasteiger partial charge in [-0.2, -0.15) is 5.10 Å². The third-order valence-corrected chi connectivity index (χ3v) is 7.03. The van der Waals surface area contributed by atoms with Gasteiger partial charge in [0.25, 0.3) is 5.91 Å². The largest absolute Gasteiger partial charge is 0.385 e. The molecule has 3 aromatic heterocycles. The summed E-state index contributed by atoms with van der Waals surface area (Å²) in [4.78, 5) is 24.4. The Hall–Kier alpha value is -2.58. The smallest absolute Gasteiger partial charge is 0.254 e. The predicted molar refractivity (Wildman–Crippen MR) is 105 cm³/mol. The maximum Gasteiger partial charge on any atom is 0.254 e. The number of aliphatic hydroxyl groups is 1. The Bertz CT molecular complexity index is 974. The summed E-state index contributed by atoms with van der Waals surface area (Å²) in [6, 6.07) is 1.98. The highest BCUT2D eigenvalue weighted by molar-refractivity contribution is 7.13. The molecule has 1 aliphatic carbocycles. The van der Waals surface area contributed by atoms with Crippen LogP contribution in [0.4, 0.5) is 0 Å². The summed E-state index contributed by atoms with van der Waals surface area (Å²) in [7, 11) is 0. The molecule has 3 atom stereocenters. The van der Waals surface area contributed by atoms with E-state index in [0.29, 0.717) is 24.3 Å². The summed E-state index contributed by atoms with van der Waals surface area (Å²) in [5.74, 6) is 0.351. The van der Waals surface area contributed by atoms with Crippen LogP contribution in [0.3, 0.4) is 0 Å². The topological polar surface area (TPSA) is 95.0 Å². The van der Waals surface area contributed by atoms with Gasteiger partial charge < -0.3 is 10.0 Å². The molecule has 2 aliphatic rings. The standard InChI is InChI=1S/C20H21N5O2S/c26-19(14-4-18(28-11-14)15-7-23-24-8-15)25-3-1-2-13-5-20(27,6-17(13)25)16-9-21-12-22-10-16/h4,7-13,17,27H,1-3,5-6H2,(H,23,24). The van der Waals surface area contributed by atoms with Gasteiger partial charge in [0.2, 0.25) is 0 Å². The molecule has 2 N–H and O–H groups in total. The minimum absolute atomic E-state index is 0.0451. The van der Waals surface area contributed by atoms with Gasteiger partial charge in [-0.3, -0.25) is 9.89 Å². The number of hydrogen-bond donors (Lipinski definition) is 2. The number of hydrogen-bond acceptors (Lipinski definition) is 6. The van der Waals surface area contributed by atoms with Gasteiger partial charge in [0, 0.05) is 59.0 Å². The molecule has 7 nitrogen and oxygen atoms in total. The number of fused-ring (bicyclic) bond motifs is 1. The lowest BCUT2D eigenvalue weighted by molar-refractivity contribution is 0.0325. The van der Waals surface area contributed by atoms with E-state index in [2.05, 4.69) is 20.2 Å². The van der Waals surface area contributed by atoms with Gasteiger partial charge in [-0.05, 0) is 31.2 Å². The first kappa shape index (κ1) is 17.5. The highest BCUT2D eigenvalue weighted by Gasteiger charge is 2.50. The van der Waals surface area contributed by atoms with Crippen molar-refractivity contribution < 1.29 is 9.90 Å². The molecule has 144 valence electrons. The number of amides is 1. The van der Waals surface area contributed by atoms with Crippen molar-refractivity contribution in [3.05, 3.63) is 53.7 Å². The average molecular weight is 395 g/mol. The summed E-state index contributed by atoms with van der Waals surface area (Å²) in [6.45, 7) is 0.734. The van der Waals surface area contributed by atoms with Gasteiger partial charge >= 0.3 is 0 Å². The molecular weight excluding hydrogens is 374 g/mol. The second kappa shape index (κ2) is 6.79. The Morgan fingerprint density at radius 2 is 2.14 bits per heavy atom. The number of piperidine rings is 1. The molecule has 28 heavy (non-hydrogen) atoms. The predicted octanol–water partition coefficient (Wildman–Crippen LogP) is 2.83. The summed E-state index contributed by atoms with van der Waals surface area (Å²) in [6.07, 6.45) is 11.6. The average Bonchev–Trinajstić information content (AvgIpc) is 3.46. The van der Waals surface area contributed by atoms with E-state index in [0.717, 1.165) is 35.4 Å². The van der Waals surface area contributed by atoms with Crippen LogP contribution in [0, 0.1) is 5.92 Å². The zero-order chi connectivity index (χ0) is 19.1. The molecule has 1 saturated heterocycles. The van der Waals surface area contributed by atoms with E-state index in [1.807, 2.05) is 22.5 Å². The Kier molecular flexibility index (Phi) is 4.25. The highest BCUT2D eigenvalue weighted by atomic mass is 32.1. The SMILES string of the molecule is O=C(c1csc(-c2cn[nH]c2)c1)N1CCCC2CC(O)(c3cncnc3)CC21. The van der Waals surface area contributed by atoms with Crippen molar-refractivity contribution in [2.45, 2.75) is 37.3 Å². The Morgan fingerprint density at radius 3 is 2.93 bits per heavy atom. The van der Waals surface area contributed by atoms with E-state index in [4.69, 9.17) is 0 Å². The number of H-pyrrole nitrogens is 1. The molecule has 0 bridgehead atoms. The third kappa shape index (κ3) is 2.93. The fourth-order valence-corrected chi connectivity index (χ4v) is 5.56. The van der Waals surface area contributed by atoms with Crippen LogP contribution in [-0.2, 0) is 5.60 Å². The third-order valence-electron chi connectivity index (χ3n) is 6.05. The van der Waals surface area contributed by atoms with Crippen molar-refractivity contribution >= 4 is 17.2 Å². The quantitative estimate of drug-likeness (QED) is 0.711. The lowest BCUT2D eigenvalue weighted by Gasteiger charge is -2.37. The van der Waals surface area contributed by atoms with Crippen molar-refractivity contribution in [3.8, 4) is 10.4 Å². The summed E-state index contributed by atoms with van der Waals surface area (Å²) < 4.78 is 0. The number of aromatic amines is 1. The zero-order valence-electron chi connectivity index (χ0n) is 15.3. The van der Waals surface area contributed by atoms with Crippen molar-refractivity contribution in [2.75, 3.05) is 6.54 Å². The number of carbonyl (C=O) groups is 1. The van der Waals surface area contributed by atoms with Crippen molar-refractivity contribution in [2.24, 2.45) is 5.92 Å². The summed E-state index contributed by atoms with van der Waals surface area (Å²) in [5, 5.41) is 20.0. The molecule has 4 heterocycles. The molecule has 5 rings (SSSR count). The van der Waals surface area contributed by atoms with E-state index < -0.39 is 5.60 Å². The first-order valence-electron chi connectivity index (χ1n) is 9.50. The minimum Gasteiger partial charge on any atom is -0.385 e. The van der Waals surface area contributed by atoms with Crippen LogP contribution in [0.2, 0.25) is 0 Å². The molecule has 1 aliphatic heterocycles. The number of carbonyl (C=O) groups excluding carboxylic acids is 1. The van der Waals surface area contributed by atoms with Crippen molar-refractivity contribution in [1.29, 1.82) is 0 Å². The van der Waals surface area contributed by atoms with E-state index in [1.165, 1.54) is 6.33 Å². The van der Waals surface area contributed by atoms with E-state index >= 15 is 0 Å². The molecule has 0 spiro atoms. The van der Waals surface area contributed by atoms with E-state index in [1.54, 1.807) is 29.9 Å². The maximum absolute atomic E-state index is 13.3. The fourth-order valence-electron chi connectivity index (χ4n) is 4.69. The van der Waals surface area contributed by atoms with Crippen LogP contribution in [-0.4, -0.2) is 48.7 Å². The van der Waals surface area contributed by atoms with Crippen LogP contribution in [0.15, 0.2) is 42.6 Å². The van der Waals surface area contributed by atoms with Crippen LogP contribution < -0.4 is 0 Å². The lowest BCUT2D eigenvalue weighted by atomic mass is 9.90. The molecule has 8 heteroatoms. The van der Waals surface area contributed by atoms with Crippen LogP contribution in [0.25, 0.3) is 10.4 Å². The molecule has 0 aromatic carbocycles. The summed E-state index contributed by atoms with van der Waals surface area (Å²) >= 11 is 1.55. The molecule has 3 aromatic rings. The van der Waals surface area contributed by atoms with Gasteiger partial charge in [0.1, 0.15) is 6.33 Å². The molecule has 3 unspecified atom stereocenters. The van der Waals surface area contributed by atoms with Gasteiger partial charge in [0.15, 0.2) is 0 Å². The number of likely N-dealkylation sites (tertiary alicyclic amines) is 1. The first-order valence-corrected chi connectivity index (χ1v) is 10.4. The fraction of sp³-hybridized carbons (Fsp3) is 0.400. The second-order valence-electron chi connectivity index (χ2n) is 7.72. The molecule has 1 amide bonds. The summed E-state index contributed by atoms with van der Waals surface area (Å²) in [5.41, 5.74) is 1.48. The van der Waals surface area contributed by atoms with Crippen LogP contribution >= 0.6 is 11.3 Å². The number of rotatable bonds is 3. The highest BCUT2D eigenvalue weighted by Crippen LogP contribution is 2.47. The maximum atomic E-state index is 13.3. The number of aromatic nitrogens is 4. The van der Waals surface area contributed by atoms with E-state index in [-0.39, 0.29) is 11.9 Å². The lowest BCUT2D eigenvalue weighted by Crippen LogP contribution is -2.46. The van der Waals surface area contributed by atoms with Crippen molar-refractivity contribution in [1.82, 2.24) is 25.1 Å². The van der Waals surface area contributed by atoms with Gasteiger partial charge in [0.05, 0.1) is 17.4 Å². The van der Waals surface area contributed by atoms with Gasteiger partial charge in [-0.1, -0.05) is 0 Å². The Labute approximate surface area is 166 Å². The number of thiophene rings is 1. The monoisotopic (exact) mass is 395 g/mol. The van der Waals surface area contributed by atoms with Crippen molar-refractivity contribution in [3.63, 3.8) is 0 Å². The number of nitrogens with zero attached hydrogens (tertiary/aromatic N) is 4. The first-order chi connectivity index (χ1) is 13.6. The molecule has 1 saturated carbocycles. The molecular formula is C20H21N5O2S.